The number of anilines is 1. The fourth-order valence-corrected chi connectivity index (χ4v) is 6.05. The summed E-state index contributed by atoms with van der Waals surface area (Å²) in [6, 6.07) is 14.1. The van der Waals surface area contributed by atoms with Crippen LogP contribution in [0, 0.1) is 0 Å². The Bertz CT molecular complexity index is 1030. The van der Waals surface area contributed by atoms with E-state index in [0.29, 0.717) is 6.54 Å². The number of ether oxygens (including phenoxy) is 1. The molecule has 1 fully saturated rings. The average Bonchev–Trinajstić information content (AvgIpc) is 3.24. The molecule has 4 rings (SSSR count). The molecule has 1 aliphatic heterocycles. The molecule has 164 valence electrons. The van der Waals surface area contributed by atoms with Crippen LogP contribution in [0.25, 0.3) is 10.2 Å². The summed E-state index contributed by atoms with van der Waals surface area (Å²) in [5, 5.41) is 0.770. The highest BCUT2D eigenvalue weighted by Crippen LogP contribution is 2.35. The second-order valence-corrected chi connectivity index (χ2v) is 10.3. The number of benzene rings is 2. The van der Waals surface area contributed by atoms with Crippen LogP contribution in [-0.2, 0) is 4.74 Å². The SMILES string of the molecule is CCSc1ccccc1C(=O)N(CCN1CCOCC1)c1nc2c(SC)cccc2s1. The van der Waals surface area contributed by atoms with Gasteiger partial charge in [-0.1, -0.05) is 36.5 Å². The number of thiazole rings is 1. The highest BCUT2D eigenvalue weighted by Gasteiger charge is 2.25. The van der Waals surface area contributed by atoms with Gasteiger partial charge in [-0.3, -0.25) is 14.6 Å². The van der Waals surface area contributed by atoms with Crippen LogP contribution in [-0.4, -0.2) is 67.2 Å². The molecule has 2 aromatic carbocycles. The highest BCUT2D eigenvalue weighted by atomic mass is 32.2. The van der Waals surface area contributed by atoms with Crippen molar-refractivity contribution in [1.29, 1.82) is 0 Å². The van der Waals surface area contributed by atoms with Gasteiger partial charge in [-0.15, -0.1) is 23.5 Å². The van der Waals surface area contributed by atoms with Gasteiger partial charge in [0.2, 0.25) is 0 Å². The Morgan fingerprint density at radius 3 is 2.71 bits per heavy atom. The third-order valence-corrected chi connectivity index (χ3v) is 8.00. The van der Waals surface area contributed by atoms with Crippen molar-refractivity contribution < 1.29 is 9.53 Å². The molecule has 0 spiro atoms. The molecule has 5 nitrogen and oxygen atoms in total. The number of rotatable bonds is 8. The largest absolute Gasteiger partial charge is 0.379 e. The number of fused-ring (bicyclic) bond motifs is 1. The topological polar surface area (TPSA) is 45.7 Å². The summed E-state index contributed by atoms with van der Waals surface area (Å²) in [5.74, 6) is 0.950. The van der Waals surface area contributed by atoms with Crippen molar-refractivity contribution in [3.63, 3.8) is 0 Å². The molecule has 1 amide bonds. The number of amides is 1. The molecular weight excluding hydrogens is 446 g/mol. The first kappa shape index (κ1) is 22.6. The number of morpholine rings is 1. The van der Waals surface area contributed by atoms with E-state index in [1.807, 2.05) is 29.2 Å². The number of hydrogen-bond acceptors (Lipinski definition) is 7. The molecule has 0 unspecified atom stereocenters. The Morgan fingerprint density at radius 1 is 1.16 bits per heavy atom. The third kappa shape index (κ3) is 5.26. The fourth-order valence-electron chi connectivity index (χ4n) is 3.61. The second-order valence-electron chi connectivity index (χ2n) is 7.14. The Morgan fingerprint density at radius 2 is 1.94 bits per heavy atom. The van der Waals surface area contributed by atoms with Gasteiger partial charge in [0, 0.05) is 36.0 Å². The van der Waals surface area contributed by atoms with Gasteiger partial charge in [-0.25, -0.2) is 4.98 Å². The van der Waals surface area contributed by atoms with Gasteiger partial charge in [0.1, 0.15) is 0 Å². The molecule has 1 aromatic heterocycles. The van der Waals surface area contributed by atoms with Crippen LogP contribution in [0.3, 0.4) is 0 Å². The van der Waals surface area contributed by atoms with Crippen LogP contribution in [0.5, 0.6) is 0 Å². The molecule has 0 saturated carbocycles. The molecule has 31 heavy (non-hydrogen) atoms. The molecule has 0 N–H and O–H groups in total. The van der Waals surface area contributed by atoms with Gasteiger partial charge < -0.3 is 4.74 Å². The van der Waals surface area contributed by atoms with Crippen LogP contribution in [0.2, 0.25) is 0 Å². The average molecular weight is 474 g/mol. The van der Waals surface area contributed by atoms with Crippen molar-refractivity contribution in [3.05, 3.63) is 48.0 Å². The predicted octanol–water partition coefficient (Wildman–Crippen LogP) is 5.11. The van der Waals surface area contributed by atoms with Crippen molar-refractivity contribution in [1.82, 2.24) is 9.88 Å². The van der Waals surface area contributed by atoms with E-state index >= 15 is 0 Å². The molecule has 2 heterocycles. The summed E-state index contributed by atoms with van der Waals surface area (Å²) in [4.78, 5) is 25.1. The first-order valence-electron chi connectivity index (χ1n) is 10.5. The van der Waals surface area contributed by atoms with E-state index in [9.17, 15) is 4.79 Å². The van der Waals surface area contributed by atoms with Gasteiger partial charge in [0.15, 0.2) is 5.13 Å². The second kappa shape index (κ2) is 10.8. The van der Waals surface area contributed by atoms with E-state index in [4.69, 9.17) is 9.72 Å². The number of para-hydroxylation sites is 1. The minimum atomic E-state index is 0.0227. The van der Waals surface area contributed by atoms with Crippen LogP contribution < -0.4 is 4.90 Å². The lowest BCUT2D eigenvalue weighted by Gasteiger charge is -2.29. The summed E-state index contributed by atoms with van der Waals surface area (Å²) >= 11 is 4.99. The minimum Gasteiger partial charge on any atom is -0.379 e. The maximum Gasteiger partial charge on any atom is 0.261 e. The molecule has 0 atom stereocenters. The molecule has 0 aliphatic carbocycles. The van der Waals surface area contributed by atoms with Gasteiger partial charge in [0.05, 0.1) is 29.0 Å². The number of hydrogen-bond donors (Lipinski definition) is 0. The Hall–Kier alpha value is -1.58. The fraction of sp³-hybridized carbons (Fsp3) is 0.391. The quantitative estimate of drug-likeness (QED) is 0.424. The Kier molecular flexibility index (Phi) is 7.90. The van der Waals surface area contributed by atoms with Gasteiger partial charge in [-0.05, 0) is 36.3 Å². The standard InChI is InChI=1S/C23H27N3O2S3/c1-3-30-18-8-5-4-7-17(18)22(27)26(12-11-25-13-15-28-16-14-25)23-24-21-19(29-2)9-6-10-20(21)31-23/h4-10H,3,11-16H2,1-2H3. The Balaban J connectivity index is 1.68. The zero-order chi connectivity index (χ0) is 21.6. The minimum absolute atomic E-state index is 0.0227. The summed E-state index contributed by atoms with van der Waals surface area (Å²) in [5.41, 5.74) is 1.73. The lowest BCUT2D eigenvalue weighted by atomic mass is 10.2. The highest BCUT2D eigenvalue weighted by molar-refractivity contribution is 7.99. The third-order valence-electron chi connectivity index (χ3n) is 5.23. The molecule has 1 saturated heterocycles. The van der Waals surface area contributed by atoms with E-state index < -0.39 is 0 Å². The lowest BCUT2D eigenvalue weighted by Crippen LogP contribution is -2.43. The number of thioether (sulfide) groups is 2. The first-order valence-corrected chi connectivity index (χ1v) is 13.5. The summed E-state index contributed by atoms with van der Waals surface area (Å²) in [7, 11) is 0. The Labute approximate surface area is 196 Å². The smallest absolute Gasteiger partial charge is 0.261 e. The number of carbonyl (C=O) groups is 1. The monoisotopic (exact) mass is 473 g/mol. The molecule has 0 bridgehead atoms. The van der Waals surface area contributed by atoms with Gasteiger partial charge >= 0.3 is 0 Å². The van der Waals surface area contributed by atoms with Crippen molar-refractivity contribution in [3.8, 4) is 0 Å². The zero-order valence-corrected chi connectivity index (χ0v) is 20.3. The maximum atomic E-state index is 13.8. The van der Waals surface area contributed by atoms with Crippen molar-refractivity contribution in [2.24, 2.45) is 0 Å². The van der Waals surface area contributed by atoms with Gasteiger partial charge in [0.25, 0.3) is 5.91 Å². The van der Waals surface area contributed by atoms with Crippen LogP contribution >= 0.6 is 34.9 Å². The summed E-state index contributed by atoms with van der Waals surface area (Å²) < 4.78 is 6.59. The van der Waals surface area contributed by atoms with Crippen LogP contribution in [0.1, 0.15) is 17.3 Å². The number of carbonyl (C=O) groups excluding carboxylic acids is 1. The zero-order valence-electron chi connectivity index (χ0n) is 17.9. The van der Waals surface area contributed by atoms with Crippen LogP contribution in [0.15, 0.2) is 52.3 Å². The lowest BCUT2D eigenvalue weighted by molar-refractivity contribution is 0.0391. The van der Waals surface area contributed by atoms with E-state index in [-0.39, 0.29) is 5.91 Å². The molecular formula is C23H27N3O2S3. The normalized spacial score (nSPS) is 14.8. The van der Waals surface area contributed by atoms with E-state index in [1.165, 1.54) is 0 Å². The summed E-state index contributed by atoms with van der Waals surface area (Å²) in [6.45, 7) is 6.84. The van der Waals surface area contributed by atoms with Crippen LogP contribution in [0.4, 0.5) is 5.13 Å². The van der Waals surface area contributed by atoms with Crippen molar-refractivity contribution in [2.75, 3.05) is 56.3 Å². The van der Waals surface area contributed by atoms with E-state index in [0.717, 1.165) is 69.3 Å². The van der Waals surface area contributed by atoms with Crippen molar-refractivity contribution in [2.45, 2.75) is 16.7 Å². The number of nitrogens with zero attached hydrogens (tertiary/aromatic N) is 3. The summed E-state index contributed by atoms with van der Waals surface area (Å²) in [6.07, 6.45) is 2.06. The molecule has 3 aromatic rings. The number of aromatic nitrogens is 1. The van der Waals surface area contributed by atoms with E-state index in [1.54, 1.807) is 34.9 Å². The molecule has 1 aliphatic rings. The first-order chi connectivity index (χ1) is 15.2. The maximum absolute atomic E-state index is 13.8. The predicted molar refractivity (Wildman–Crippen MR) is 133 cm³/mol. The van der Waals surface area contributed by atoms with E-state index in [2.05, 4.69) is 36.3 Å². The molecule has 0 radical (unpaired) electrons. The van der Waals surface area contributed by atoms with Gasteiger partial charge in [-0.2, -0.15) is 0 Å². The molecule has 8 heteroatoms. The van der Waals surface area contributed by atoms with Crippen molar-refractivity contribution >= 4 is 56.1 Å².